The Morgan fingerprint density at radius 3 is 2.16 bits per heavy atom. The van der Waals surface area contributed by atoms with Gasteiger partial charge in [0.15, 0.2) is 12.1 Å². The molecule has 8 heteroatoms. The normalized spacial score (nSPS) is 27.3. The topological polar surface area (TPSA) is 106 Å². The molecule has 164 valence electrons. The Morgan fingerprint density at radius 2 is 1.55 bits per heavy atom. The Balaban J connectivity index is 1.45. The molecule has 2 aliphatic heterocycles. The monoisotopic (exact) mass is 426 g/mol. The molecule has 0 unspecified atom stereocenters. The molecule has 0 saturated carbocycles. The lowest BCUT2D eigenvalue weighted by molar-refractivity contribution is -0.216. The largest absolute Gasteiger partial charge is 0.388 e. The SMILES string of the molecule is CC1(C)O[C@@H]2O[C@@H]([C@H](O)CNC(=O)c3ccccc3)[C@@H](NC(=O)c3ccccc3)[C@@H]2O1. The Kier molecular flexibility index (Phi) is 6.06. The summed E-state index contributed by atoms with van der Waals surface area (Å²) in [5.74, 6) is -1.49. The van der Waals surface area contributed by atoms with Gasteiger partial charge in [0.05, 0.1) is 12.1 Å². The second-order valence-corrected chi connectivity index (χ2v) is 8.08. The predicted molar refractivity (Wildman–Crippen MR) is 111 cm³/mol. The average molecular weight is 426 g/mol. The fraction of sp³-hybridized carbons (Fsp3) is 0.391. The first-order chi connectivity index (χ1) is 14.8. The molecule has 0 spiro atoms. The number of ether oxygens (including phenoxy) is 3. The van der Waals surface area contributed by atoms with Crippen LogP contribution in [0.15, 0.2) is 60.7 Å². The van der Waals surface area contributed by atoms with E-state index in [2.05, 4.69) is 10.6 Å². The van der Waals surface area contributed by atoms with E-state index in [4.69, 9.17) is 14.2 Å². The third kappa shape index (κ3) is 4.77. The predicted octanol–water partition coefficient (Wildman–Crippen LogP) is 1.45. The van der Waals surface area contributed by atoms with Crippen LogP contribution >= 0.6 is 0 Å². The van der Waals surface area contributed by atoms with Crippen molar-refractivity contribution in [2.24, 2.45) is 0 Å². The second-order valence-electron chi connectivity index (χ2n) is 8.08. The van der Waals surface area contributed by atoms with Gasteiger partial charge in [0.2, 0.25) is 0 Å². The van der Waals surface area contributed by atoms with Crippen molar-refractivity contribution in [1.29, 1.82) is 0 Å². The number of carbonyl (C=O) groups is 2. The lowest BCUT2D eigenvalue weighted by atomic mass is 10.0. The fourth-order valence-corrected chi connectivity index (χ4v) is 3.86. The van der Waals surface area contributed by atoms with E-state index in [0.29, 0.717) is 11.1 Å². The van der Waals surface area contributed by atoms with Crippen LogP contribution in [-0.2, 0) is 14.2 Å². The maximum atomic E-state index is 12.8. The van der Waals surface area contributed by atoms with E-state index >= 15 is 0 Å². The molecular formula is C23H26N2O6. The van der Waals surface area contributed by atoms with E-state index in [-0.39, 0.29) is 18.4 Å². The molecule has 3 N–H and O–H groups in total. The molecule has 2 aromatic carbocycles. The van der Waals surface area contributed by atoms with E-state index in [1.807, 2.05) is 12.1 Å². The minimum atomic E-state index is -1.09. The van der Waals surface area contributed by atoms with Crippen LogP contribution in [0.4, 0.5) is 0 Å². The van der Waals surface area contributed by atoms with Gasteiger partial charge in [-0.3, -0.25) is 9.59 Å². The maximum Gasteiger partial charge on any atom is 0.251 e. The van der Waals surface area contributed by atoms with Gasteiger partial charge >= 0.3 is 0 Å². The van der Waals surface area contributed by atoms with Crippen molar-refractivity contribution >= 4 is 11.8 Å². The van der Waals surface area contributed by atoms with Crippen LogP contribution < -0.4 is 10.6 Å². The Labute approximate surface area is 180 Å². The van der Waals surface area contributed by atoms with Gasteiger partial charge in [0.1, 0.15) is 12.2 Å². The molecule has 2 aliphatic rings. The zero-order valence-electron chi connectivity index (χ0n) is 17.4. The molecule has 5 atom stereocenters. The summed E-state index contributed by atoms with van der Waals surface area (Å²) in [6.07, 6.45) is -3.24. The van der Waals surface area contributed by atoms with Crippen LogP contribution in [0.3, 0.4) is 0 Å². The van der Waals surface area contributed by atoms with Crippen molar-refractivity contribution < 1.29 is 28.9 Å². The summed E-state index contributed by atoms with van der Waals surface area (Å²) in [7, 11) is 0. The van der Waals surface area contributed by atoms with Gasteiger partial charge in [-0.1, -0.05) is 36.4 Å². The number of hydrogen-bond donors (Lipinski definition) is 3. The molecule has 8 nitrogen and oxygen atoms in total. The molecule has 2 aromatic rings. The molecule has 4 rings (SSSR count). The molecule has 0 aliphatic carbocycles. The van der Waals surface area contributed by atoms with Crippen molar-refractivity contribution in [1.82, 2.24) is 10.6 Å². The van der Waals surface area contributed by atoms with Gasteiger partial charge in [0, 0.05) is 17.7 Å². The van der Waals surface area contributed by atoms with Crippen LogP contribution in [0.1, 0.15) is 34.6 Å². The van der Waals surface area contributed by atoms with Gasteiger partial charge in [-0.25, -0.2) is 0 Å². The smallest absolute Gasteiger partial charge is 0.251 e. The van der Waals surface area contributed by atoms with E-state index in [0.717, 1.165) is 0 Å². The van der Waals surface area contributed by atoms with Crippen molar-refractivity contribution in [3.63, 3.8) is 0 Å². The van der Waals surface area contributed by atoms with Crippen molar-refractivity contribution in [3.05, 3.63) is 71.8 Å². The van der Waals surface area contributed by atoms with Crippen LogP contribution in [-0.4, -0.2) is 59.9 Å². The molecule has 0 bridgehead atoms. The van der Waals surface area contributed by atoms with E-state index in [1.54, 1.807) is 62.4 Å². The number of benzene rings is 2. The third-order valence-electron chi connectivity index (χ3n) is 5.31. The zero-order valence-corrected chi connectivity index (χ0v) is 17.4. The molecule has 2 saturated heterocycles. The summed E-state index contributed by atoms with van der Waals surface area (Å²) < 4.78 is 17.6. The van der Waals surface area contributed by atoms with E-state index in [9.17, 15) is 14.7 Å². The highest BCUT2D eigenvalue weighted by atomic mass is 16.8. The van der Waals surface area contributed by atoms with Crippen LogP contribution in [0, 0.1) is 0 Å². The van der Waals surface area contributed by atoms with Gasteiger partial charge in [-0.05, 0) is 38.1 Å². The number of aliphatic hydroxyl groups is 1. The molecule has 31 heavy (non-hydrogen) atoms. The molecule has 2 fully saturated rings. The lowest BCUT2D eigenvalue weighted by Gasteiger charge is -2.29. The third-order valence-corrected chi connectivity index (χ3v) is 5.31. The number of nitrogens with one attached hydrogen (secondary N) is 2. The van der Waals surface area contributed by atoms with Gasteiger partial charge in [-0.2, -0.15) is 0 Å². The number of hydrogen-bond acceptors (Lipinski definition) is 6. The summed E-state index contributed by atoms with van der Waals surface area (Å²) in [5, 5.41) is 16.4. The molecule has 2 amide bonds. The minimum Gasteiger partial charge on any atom is -0.388 e. The number of rotatable bonds is 6. The number of carbonyl (C=O) groups excluding carboxylic acids is 2. The minimum absolute atomic E-state index is 0.0566. The summed E-state index contributed by atoms with van der Waals surface area (Å²) in [6.45, 7) is 3.46. The quantitative estimate of drug-likeness (QED) is 0.646. The van der Waals surface area contributed by atoms with Crippen LogP contribution in [0.5, 0.6) is 0 Å². The molecular weight excluding hydrogens is 400 g/mol. The average Bonchev–Trinajstić information content (AvgIpc) is 3.25. The van der Waals surface area contributed by atoms with E-state index in [1.165, 1.54) is 0 Å². The zero-order chi connectivity index (χ0) is 22.0. The Morgan fingerprint density at radius 1 is 0.968 bits per heavy atom. The highest BCUT2D eigenvalue weighted by molar-refractivity contribution is 5.94. The summed E-state index contributed by atoms with van der Waals surface area (Å²) in [4.78, 5) is 25.1. The van der Waals surface area contributed by atoms with Gasteiger partial charge < -0.3 is 30.0 Å². The fourth-order valence-electron chi connectivity index (χ4n) is 3.86. The maximum absolute atomic E-state index is 12.8. The lowest BCUT2D eigenvalue weighted by Crippen LogP contribution is -2.54. The molecule has 2 heterocycles. The summed E-state index contributed by atoms with van der Waals surface area (Å²) >= 11 is 0. The van der Waals surface area contributed by atoms with Crippen molar-refractivity contribution in [2.45, 2.75) is 50.3 Å². The van der Waals surface area contributed by atoms with Crippen molar-refractivity contribution in [3.8, 4) is 0 Å². The van der Waals surface area contributed by atoms with Gasteiger partial charge in [-0.15, -0.1) is 0 Å². The summed E-state index contributed by atoms with van der Waals surface area (Å²) in [5.41, 5.74) is 0.969. The van der Waals surface area contributed by atoms with Crippen LogP contribution in [0.25, 0.3) is 0 Å². The molecule has 0 aromatic heterocycles. The highest BCUT2D eigenvalue weighted by Gasteiger charge is 2.56. The highest BCUT2D eigenvalue weighted by Crippen LogP contribution is 2.38. The Hall–Kier alpha value is -2.78. The van der Waals surface area contributed by atoms with Crippen LogP contribution in [0.2, 0.25) is 0 Å². The first-order valence-electron chi connectivity index (χ1n) is 10.2. The van der Waals surface area contributed by atoms with Crippen molar-refractivity contribution in [2.75, 3.05) is 6.54 Å². The standard InChI is InChI=1S/C23H26N2O6/c1-23(2)30-19-17(25-21(28)15-11-7-4-8-12-15)18(29-22(19)31-23)16(26)13-24-20(27)14-9-5-3-6-10-14/h3-12,16-19,22,26H,13H2,1-2H3,(H,24,27)(H,25,28)/t16-,17-,18+,19+,22+/m1/s1. The number of amides is 2. The summed E-state index contributed by atoms with van der Waals surface area (Å²) in [6, 6.07) is 16.8. The van der Waals surface area contributed by atoms with E-state index < -0.39 is 36.4 Å². The first-order valence-corrected chi connectivity index (χ1v) is 10.2. The first kappa shape index (κ1) is 21.5. The Bertz CT molecular complexity index is 920. The number of aliphatic hydroxyl groups excluding tert-OH is 1. The molecule has 0 radical (unpaired) electrons. The number of fused-ring (bicyclic) bond motifs is 1. The second kappa shape index (κ2) is 8.76. The van der Waals surface area contributed by atoms with Gasteiger partial charge in [0.25, 0.3) is 11.8 Å².